The molecule has 0 heterocycles. The summed E-state index contributed by atoms with van der Waals surface area (Å²) < 4.78 is 4.55. The van der Waals surface area contributed by atoms with Gasteiger partial charge in [0.1, 0.15) is 6.04 Å². The molecule has 0 radical (unpaired) electrons. The van der Waals surface area contributed by atoms with E-state index >= 15 is 0 Å². The molecule has 0 aromatic carbocycles. The second kappa shape index (κ2) is 8.43. The number of amides is 1. The molecule has 6 heteroatoms. The van der Waals surface area contributed by atoms with Crippen molar-refractivity contribution in [1.29, 1.82) is 0 Å². The molecule has 0 aliphatic heterocycles. The summed E-state index contributed by atoms with van der Waals surface area (Å²) in [6.07, 6.45) is 5.13. The molecule has 19 heavy (non-hydrogen) atoms. The molecule has 1 amide bonds. The van der Waals surface area contributed by atoms with Crippen LogP contribution in [0.4, 0.5) is 0 Å². The van der Waals surface area contributed by atoms with Gasteiger partial charge in [-0.05, 0) is 31.9 Å². The van der Waals surface area contributed by atoms with Gasteiger partial charge in [0, 0.05) is 6.04 Å². The van der Waals surface area contributed by atoms with Gasteiger partial charge in [-0.25, -0.2) is 0 Å². The van der Waals surface area contributed by atoms with Gasteiger partial charge < -0.3 is 15.8 Å². The van der Waals surface area contributed by atoms with Gasteiger partial charge in [0.05, 0.1) is 12.4 Å². The lowest BCUT2D eigenvalue weighted by atomic mass is 10.2. The van der Waals surface area contributed by atoms with Crippen molar-refractivity contribution >= 4 is 23.6 Å². The third-order valence-electron chi connectivity index (χ3n) is 3.37. The molecule has 5 nitrogen and oxygen atoms in total. The van der Waals surface area contributed by atoms with Crippen molar-refractivity contribution in [3.05, 3.63) is 0 Å². The molecule has 3 N–H and O–H groups in total. The van der Waals surface area contributed by atoms with Gasteiger partial charge >= 0.3 is 5.97 Å². The Balaban J connectivity index is 2.17. The summed E-state index contributed by atoms with van der Waals surface area (Å²) in [5.41, 5.74) is 5.63. The average Bonchev–Trinajstić information content (AvgIpc) is 2.90. The molecule has 110 valence electrons. The molecular weight excluding hydrogens is 264 g/mol. The monoisotopic (exact) mass is 288 g/mol. The van der Waals surface area contributed by atoms with Gasteiger partial charge in [-0.3, -0.25) is 9.59 Å². The Hall–Kier alpha value is -0.750. The first-order valence-electron chi connectivity index (χ1n) is 6.80. The van der Waals surface area contributed by atoms with Crippen molar-refractivity contribution in [3.63, 3.8) is 0 Å². The first-order chi connectivity index (χ1) is 9.04. The number of carbonyl (C=O) groups is 2. The van der Waals surface area contributed by atoms with Crippen LogP contribution in [0.25, 0.3) is 0 Å². The van der Waals surface area contributed by atoms with Crippen LogP contribution in [-0.2, 0) is 14.3 Å². The third-order valence-corrected chi connectivity index (χ3v) is 4.56. The molecule has 0 aromatic heterocycles. The second-order valence-electron chi connectivity index (χ2n) is 4.92. The van der Waals surface area contributed by atoms with E-state index in [1.54, 1.807) is 0 Å². The first-order valence-corrected chi connectivity index (χ1v) is 7.85. The molecular formula is C13H24N2O3S. The van der Waals surface area contributed by atoms with E-state index in [9.17, 15) is 9.59 Å². The summed E-state index contributed by atoms with van der Waals surface area (Å²) >= 11 is 1.52. The number of hydrogen-bond donors (Lipinski definition) is 2. The van der Waals surface area contributed by atoms with Gasteiger partial charge in [-0.2, -0.15) is 0 Å². The molecule has 0 aromatic rings. The predicted octanol–water partition coefficient (Wildman–Crippen LogP) is 1.06. The number of carbonyl (C=O) groups excluding carboxylic acids is 2. The van der Waals surface area contributed by atoms with E-state index in [0.717, 1.165) is 12.8 Å². The van der Waals surface area contributed by atoms with Crippen LogP contribution < -0.4 is 11.1 Å². The van der Waals surface area contributed by atoms with Crippen LogP contribution in [0.15, 0.2) is 0 Å². The van der Waals surface area contributed by atoms with Crippen LogP contribution >= 0.6 is 11.8 Å². The lowest BCUT2D eigenvalue weighted by molar-refractivity contribution is -0.142. The highest BCUT2D eigenvalue weighted by molar-refractivity contribution is 8.00. The quantitative estimate of drug-likeness (QED) is 0.685. The molecule has 0 saturated heterocycles. The summed E-state index contributed by atoms with van der Waals surface area (Å²) in [6.45, 7) is 1.89. The largest absolute Gasteiger partial charge is 0.468 e. The summed E-state index contributed by atoms with van der Waals surface area (Å²) in [5.74, 6) is 0.363. The summed E-state index contributed by atoms with van der Waals surface area (Å²) in [5, 5.41) is 2.96. The maximum absolute atomic E-state index is 11.9. The minimum Gasteiger partial charge on any atom is -0.468 e. The Bertz CT molecular complexity index is 306. The van der Waals surface area contributed by atoms with E-state index in [2.05, 4.69) is 10.1 Å². The first kappa shape index (κ1) is 16.3. The Morgan fingerprint density at radius 3 is 2.63 bits per heavy atom. The SMILES string of the molecule is COC(=O)C(N)CCSC(C)C(=O)NC1CCCC1. The van der Waals surface area contributed by atoms with E-state index in [-0.39, 0.29) is 11.2 Å². The lowest BCUT2D eigenvalue weighted by Crippen LogP contribution is -2.38. The molecule has 1 aliphatic rings. The van der Waals surface area contributed by atoms with Crippen molar-refractivity contribution in [2.24, 2.45) is 5.73 Å². The molecule has 1 saturated carbocycles. The van der Waals surface area contributed by atoms with E-state index in [0.29, 0.717) is 18.2 Å². The fraction of sp³-hybridized carbons (Fsp3) is 0.846. The Labute approximate surface area is 119 Å². The summed E-state index contributed by atoms with van der Waals surface area (Å²) in [4.78, 5) is 23.0. The van der Waals surface area contributed by atoms with Crippen molar-refractivity contribution in [2.45, 2.75) is 56.4 Å². The molecule has 2 unspecified atom stereocenters. The molecule has 0 bridgehead atoms. The number of thioether (sulfide) groups is 1. The third kappa shape index (κ3) is 5.82. The summed E-state index contributed by atoms with van der Waals surface area (Å²) in [7, 11) is 1.33. The minimum atomic E-state index is -0.595. The fourth-order valence-electron chi connectivity index (χ4n) is 2.11. The van der Waals surface area contributed by atoms with Crippen molar-refractivity contribution < 1.29 is 14.3 Å². The predicted molar refractivity (Wildman–Crippen MR) is 76.9 cm³/mol. The zero-order valence-electron chi connectivity index (χ0n) is 11.7. The van der Waals surface area contributed by atoms with Crippen LogP contribution in [0.5, 0.6) is 0 Å². The topological polar surface area (TPSA) is 81.4 Å². The van der Waals surface area contributed by atoms with Crippen molar-refractivity contribution in [3.8, 4) is 0 Å². The van der Waals surface area contributed by atoms with Crippen LogP contribution in [0, 0.1) is 0 Å². The number of nitrogens with one attached hydrogen (secondary N) is 1. The highest BCUT2D eigenvalue weighted by Crippen LogP contribution is 2.19. The highest BCUT2D eigenvalue weighted by atomic mass is 32.2. The Morgan fingerprint density at radius 1 is 1.42 bits per heavy atom. The molecule has 2 atom stereocenters. The number of hydrogen-bond acceptors (Lipinski definition) is 5. The smallest absolute Gasteiger partial charge is 0.322 e. The molecule has 1 rings (SSSR count). The standard InChI is InChI=1S/C13H24N2O3S/c1-9(12(16)15-10-5-3-4-6-10)19-8-7-11(14)13(17)18-2/h9-11H,3-8,14H2,1-2H3,(H,15,16). The molecule has 0 spiro atoms. The van der Waals surface area contributed by atoms with Crippen LogP contribution in [0.3, 0.4) is 0 Å². The van der Waals surface area contributed by atoms with Gasteiger partial charge in [-0.1, -0.05) is 12.8 Å². The highest BCUT2D eigenvalue weighted by Gasteiger charge is 2.21. The number of nitrogens with two attached hydrogens (primary N) is 1. The number of rotatable bonds is 7. The van der Waals surface area contributed by atoms with Crippen LogP contribution in [0.2, 0.25) is 0 Å². The maximum Gasteiger partial charge on any atom is 0.322 e. The second-order valence-corrected chi connectivity index (χ2v) is 6.37. The minimum absolute atomic E-state index is 0.0866. The number of ether oxygens (including phenoxy) is 1. The zero-order chi connectivity index (χ0) is 14.3. The van der Waals surface area contributed by atoms with E-state index in [1.807, 2.05) is 6.92 Å². The van der Waals surface area contributed by atoms with E-state index in [1.165, 1.54) is 31.7 Å². The fourth-order valence-corrected chi connectivity index (χ4v) is 3.07. The maximum atomic E-state index is 11.9. The van der Waals surface area contributed by atoms with Gasteiger partial charge in [0.15, 0.2) is 0 Å². The van der Waals surface area contributed by atoms with Crippen molar-refractivity contribution in [2.75, 3.05) is 12.9 Å². The van der Waals surface area contributed by atoms with Gasteiger partial charge in [0.2, 0.25) is 5.91 Å². The van der Waals surface area contributed by atoms with E-state index < -0.39 is 12.0 Å². The normalized spacial score (nSPS) is 18.9. The van der Waals surface area contributed by atoms with E-state index in [4.69, 9.17) is 5.73 Å². The molecule has 1 fully saturated rings. The van der Waals surface area contributed by atoms with Gasteiger partial charge in [0.25, 0.3) is 0 Å². The number of methoxy groups -OCH3 is 1. The Kier molecular flexibility index (Phi) is 7.23. The zero-order valence-corrected chi connectivity index (χ0v) is 12.5. The van der Waals surface area contributed by atoms with Crippen LogP contribution in [0.1, 0.15) is 39.0 Å². The average molecular weight is 288 g/mol. The Morgan fingerprint density at radius 2 is 2.05 bits per heavy atom. The van der Waals surface area contributed by atoms with Gasteiger partial charge in [-0.15, -0.1) is 11.8 Å². The summed E-state index contributed by atoms with van der Waals surface area (Å²) in [6, 6.07) is -0.240. The van der Waals surface area contributed by atoms with Crippen LogP contribution in [-0.4, -0.2) is 42.1 Å². The van der Waals surface area contributed by atoms with Crippen molar-refractivity contribution in [1.82, 2.24) is 5.32 Å². The number of esters is 1. The lowest BCUT2D eigenvalue weighted by Gasteiger charge is -2.17. The molecule has 1 aliphatic carbocycles.